The maximum absolute atomic E-state index is 12.2. The summed E-state index contributed by atoms with van der Waals surface area (Å²) < 4.78 is 58.1. The largest absolute Gasteiger partial charge is 0.490 e. The fourth-order valence-corrected chi connectivity index (χ4v) is 7.02. The Hall–Kier alpha value is -1.43. The van der Waals surface area contributed by atoms with Gasteiger partial charge in [-0.25, -0.2) is 13.7 Å². The van der Waals surface area contributed by atoms with Crippen LogP contribution in [0.4, 0.5) is 0 Å². The van der Waals surface area contributed by atoms with E-state index < -0.39 is 65.6 Å². The van der Waals surface area contributed by atoms with E-state index in [1.165, 1.54) is 11.2 Å². The van der Waals surface area contributed by atoms with Crippen molar-refractivity contribution in [1.82, 2.24) is 4.90 Å². The van der Waals surface area contributed by atoms with Crippen molar-refractivity contribution >= 4 is 47.5 Å². The predicted octanol–water partition coefficient (Wildman–Crippen LogP) is -2.46. The summed E-state index contributed by atoms with van der Waals surface area (Å²) in [7, 11) is -16.8. The first-order valence-corrected chi connectivity index (χ1v) is 13.6. The highest BCUT2D eigenvalue weighted by Gasteiger charge is 2.67. The number of nitrogens with two attached hydrogens (primary N) is 1. The third-order valence-electron chi connectivity index (χ3n) is 5.14. The summed E-state index contributed by atoms with van der Waals surface area (Å²) in [5.74, 6) is -0.963. The highest BCUT2D eigenvalue weighted by molar-refractivity contribution is 7.66. The molecule has 8 atom stereocenters. The monoisotopic (exact) mass is 549 g/mol. The summed E-state index contributed by atoms with van der Waals surface area (Å²) in [5, 5.41) is 10.8. The number of ether oxygens (including phenoxy) is 2. The first kappa shape index (κ1) is 25.7. The van der Waals surface area contributed by atoms with Gasteiger partial charge in [0.25, 0.3) is 5.91 Å². The lowest BCUT2D eigenvalue weighted by atomic mass is 9.93. The first-order valence-electron chi connectivity index (χ1n) is 9.11. The van der Waals surface area contributed by atoms with Gasteiger partial charge in [-0.05, 0) is 6.92 Å². The van der Waals surface area contributed by atoms with E-state index in [0.29, 0.717) is 0 Å². The van der Waals surface area contributed by atoms with Crippen LogP contribution in [-0.2, 0) is 41.1 Å². The van der Waals surface area contributed by atoms with Gasteiger partial charge in [-0.3, -0.25) is 19.2 Å². The van der Waals surface area contributed by atoms with Gasteiger partial charge in [0.15, 0.2) is 18.1 Å². The molecule has 4 rings (SSSR count). The average Bonchev–Trinajstić information content (AvgIpc) is 3.28. The van der Waals surface area contributed by atoms with Gasteiger partial charge < -0.3 is 39.9 Å². The second-order valence-corrected chi connectivity index (χ2v) is 11.7. The van der Waals surface area contributed by atoms with Crippen molar-refractivity contribution in [2.75, 3.05) is 6.61 Å². The topological polar surface area (TPSA) is 282 Å². The van der Waals surface area contributed by atoms with Gasteiger partial charge in [-0.15, -0.1) is 0 Å². The molecule has 4 heterocycles. The fourth-order valence-electron chi connectivity index (χ4n) is 3.78. The molecule has 0 saturated carbocycles. The van der Waals surface area contributed by atoms with Crippen LogP contribution in [0, 0.1) is 0 Å². The number of hydrogen-bond acceptors (Lipinski definition) is 14. The average molecular weight is 549 g/mol. The van der Waals surface area contributed by atoms with Crippen LogP contribution < -0.4 is 5.73 Å². The van der Waals surface area contributed by atoms with Gasteiger partial charge >= 0.3 is 23.5 Å². The van der Waals surface area contributed by atoms with Crippen LogP contribution in [-0.4, -0.2) is 96.4 Å². The van der Waals surface area contributed by atoms with E-state index >= 15 is 0 Å². The Balaban J connectivity index is 1.51. The minimum absolute atomic E-state index is 0.0431. The Labute approximate surface area is 189 Å². The van der Waals surface area contributed by atoms with Crippen molar-refractivity contribution in [3.8, 4) is 0 Å². The van der Waals surface area contributed by atoms with Crippen LogP contribution in [0.1, 0.15) is 6.92 Å². The number of carbonyl (C=O) groups excluding carboxylic acids is 1. The van der Waals surface area contributed by atoms with Crippen molar-refractivity contribution in [2.45, 2.75) is 43.1 Å². The number of phosphoric acid groups is 3. The molecule has 0 radical (unpaired) electrons. The normalized spacial score (nSPS) is 37.1. The molecule has 7 N–H and O–H groups in total. The maximum Gasteiger partial charge on any atom is 0.490 e. The van der Waals surface area contributed by atoms with Crippen molar-refractivity contribution in [2.24, 2.45) is 20.7 Å². The summed E-state index contributed by atoms with van der Waals surface area (Å²) in [4.78, 5) is 61.0. The maximum atomic E-state index is 12.2. The number of aliphatic hydroxyl groups excluding tert-OH is 1. The number of fused-ring (bicyclic) bond motifs is 3. The van der Waals surface area contributed by atoms with Crippen LogP contribution >= 0.6 is 23.5 Å². The molecule has 34 heavy (non-hydrogen) atoms. The number of aliphatic hydroxyl groups is 1. The van der Waals surface area contributed by atoms with E-state index in [-0.39, 0.29) is 18.4 Å². The minimum Gasteiger partial charge on any atom is -0.387 e. The molecule has 4 aliphatic heterocycles. The van der Waals surface area contributed by atoms with E-state index in [0.717, 1.165) is 6.92 Å². The van der Waals surface area contributed by atoms with Crippen molar-refractivity contribution < 1.29 is 65.8 Å². The SMILES string of the molecule is C[C@H](OP(=O)(O)OP(=O)(O)OP(=O)(O)O)[C@@]12CO[C@@H]([C@H](N3C=NC4C(=O)N=C(N)N=C43)O1)[C@@H]2O. The predicted molar refractivity (Wildman–Crippen MR) is 106 cm³/mol. The molecule has 3 unspecified atom stereocenters. The highest BCUT2D eigenvalue weighted by Crippen LogP contribution is 2.67. The molecule has 2 fully saturated rings. The molecule has 2 saturated heterocycles. The Morgan fingerprint density at radius 1 is 1.21 bits per heavy atom. The molecule has 0 aliphatic carbocycles. The summed E-state index contributed by atoms with van der Waals surface area (Å²) in [5.41, 5.74) is 3.69. The second kappa shape index (κ2) is 8.31. The number of phosphoric ester groups is 1. The molecule has 190 valence electrons. The number of aliphatic imine (C=N–C) groups is 3. The van der Waals surface area contributed by atoms with Crippen molar-refractivity contribution in [3.63, 3.8) is 0 Å². The van der Waals surface area contributed by atoms with Crippen LogP contribution in [0.25, 0.3) is 0 Å². The Morgan fingerprint density at radius 2 is 1.88 bits per heavy atom. The zero-order chi connectivity index (χ0) is 25.3. The number of rotatable bonds is 8. The summed E-state index contributed by atoms with van der Waals surface area (Å²) in [6, 6.07) is -1.09. The number of hydrogen-bond donors (Lipinski definition) is 6. The molecule has 0 aromatic carbocycles. The smallest absolute Gasteiger partial charge is 0.387 e. The fraction of sp³-hybridized carbons (Fsp3) is 0.667. The van der Waals surface area contributed by atoms with Gasteiger partial charge in [0.1, 0.15) is 23.9 Å². The lowest BCUT2D eigenvalue weighted by Gasteiger charge is -2.38. The lowest BCUT2D eigenvalue weighted by molar-refractivity contribution is -0.199. The number of amides is 1. The molecule has 19 nitrogen and oxygen atoms in total. The molecule has 2 bridgehead atoms. The van der Waals surface area contributed by atoms with Crippen LogP contribution in [0.2, 0.25) is 0 Å². The quantitative estimate of drug-likeness (QED) is 0.171. The standard InChI is InChI=1S/C12H18N5O14P3/c1-4(29-33(23,24)31-34(25,26)30-32(20,21)22)12-2-27-6(7(12)18)10(28-12)17-3-14-5-8(17)15-11(13)16-9(5)19/h3-7,10,18H,2H2,1H3,(H,23,24)(H,25,26)(H2,13,16,19)(H2,20,21,22)/t4-,5?,6+,7-,10+,12+/m0/s1. The number of guanidine groups is 1. The van der Waals surface area contributed by atoms with E-state index in [1.54, 1.807) is 0 Å². The molecule has 0 aromatic rings. The Bertz CT molecular complexity index is 1140. The number of amidine groups is 1. The number of carbonyl (C=O) groups is 1. The highest BCUT2D eigenvalue weighted by atomic mass is 31.3. The lowest BCUT2D eigenvalue weighted by Crippen LogP contribution is -2.54. The van der Waals surface area contributed by atoms with E-state index in [9.17, 15) is 33.4 Å². The van der Waals surface area contributed by atoms with Gasteiger partial charge in [0.05, 0.1) is 12.9 Å². The Kier molecular flexibility index (Phi) is 6.27. The molecular weight excluding hydrogens is 531 g/mol. The first-order chi connectivity index (χ1) is 15.5. The third kappa shape index (κ3) is 4.68. The van der Waals surface area contributed by atoms with Gasteiger partial charge in [0, 0.05) is 0 Å². The summed E-state index contributed by atoms with van der Waals surface area (Å²) >= 11 is 0. The second-order valence-electron chi connectivity index (χ2n) is 7.38. The molecule has 22 heteroatoms. The molecule has 4 aliphatic rings. The molecular formula is C12H18N5O14P3. The number of nitrogens with zero attached hydrogens (tertiary/aromatic N) is 4. The minimum atomic E-state index is -5.75. The summed E-state index contributed by atoms with van der Waals surface area (Å²) in [6.45, 7) is 0.776. The van der Waals surface area contributed by atoms with Gasteiger partial charge in [-0.1, -0.05) is 0 Å². The zero-order valence-corrected chi connectivity index (χ0v) is 19.5. The van der Waals surface area contributed by atoms with Crippen molar-refractivity contribution in [3.05, 3.63) is 0 Å². The van der Waals surface area contributed by atoms with Crippen LogP contribution in [0.5, 0.6) is 0 Å². The third-order valence-corrected chi connectivity index (χ3v) is 9.05. The van der Waals surface area contributed by atoms with E-state index in [2.05, 4.69) is 23.6 Å². The van der Waals surface area contributed by atoms with Crippen LogP contribution in [0.15, 0.2) is 15.0 Å². The summed E-state index contributed by atoms with van der Waals surface area (Å²) in [6.07, 6.45) is -4.10. The Morgan fingerprint density at radius 3 is 2.53 bits per heavy atom. The molecule has 0 spiro atoms. The zero-order valence-electron chi connectivity index (χ0n) is 16.8. The van der Waals surface area contributed by atoms with Crippen LogP contribution in [0.3, 0.4) is 0 Å². The van der Waals surface area contributed by atoms with E-state index in [4.69, 9.17) is 29.5 Å². The molecule has 1 amide bonds. The van der Waals surface area contributed by atoms with E-state index in [1.807, 2.05) is 0 Å². The molecule has 0 aromatic heterocycles. The van der Waals surface area contributed by atoms with Gasteiger partial charge in [-0.2, -0.15) is 18.6 Å². The van der Waals surface area contributed by atoms with Crippen molar-refractivity contribution in [1.29, 1.82) is 0 Å². The van der Waals surface area contributed by atoms with Gasteiger partial charge in [0.2, 0.25) is 5.96 Å².